The average Bonchev–Trinajstić information content (AvgIpc) is 2.05. The number of aliphatic hydroxyl groups excluding tert-OH is 1. The van der Waals surface area contributed by atoms with Crippen LogP contribution in [0.1, 0.15) is 5.56 Å². The summed E-state index contributed by atoms with van der Waals surface area (Å²) in [5, 5.41) is 8.74. The second kappa shape index (κ2) is 3.31. The Hall–Kier alpha value is -0.760. The SMILES string of the molecule is BC(B)(CO)c1ccc(F)cc1. The number of aliphatic hydroxyl groups is 1. The Bertz CT molecular complexity index is 258. The highest BCUT2D eigenvalue weighted by molar-refractivity contribution is 6.40. The van der Waals surface area contributed by atoms with Crippen molar-refractivity contribution in [1.29, 1.82) is 0 Å². The Morgan fingerprint density at radius 3 is 2.17 bits per heavy atom. The molecule has 0 heterocycles. The van der Waals surface area contributed by atoms with Crippen LogP contribution >= 0.6 is 0 Å². The van der Waals surface area contributed by atoms with Gasteiger partial charge in [-0.3, -0.25) is 0 Å². The zero-order chi connectivity index (χ0) is 9.19. The van der Waals surface area contributed by atoms with Gasteiger partial charge < -0.3 is 5.11 Å². The first kappa shape index (κ1) is 9.33. The van der Waals surface area contributed by atoms with Crippen molar-refractivity contribution < 1.29 is 9.50 Å². The Balaban J connectivity index is 2.96. The molecule has 1 nitrogen and oxygen atoms in total. The molecule has 0 radical (unpaired) electrons. The van der Waals surface area contributed by atoms with Crippen molar-refractivity contribution in [2.75, 3.05) is 6.61 Å². The minimum Gasteiger partial charge on any atom is -0.397 e. The van der Waals surface area contributed by atoms with Crippen LogP contribution in [-0.2, 0) is 5.21 Å². The van der Waals surface area contributed by atoms with Crippen molar-refractivity contribution >= 4 is 15.7 Å². The van der Waals surface area contributed by atoms with Crippen LogP contribution in [0.4, 0.5) is 4.39 Å². The second-order valence-corrected chi connectivity index (χ2v) is 3.55. The molecule has 62 valence electrons. The van der Waals surface area contributed by atoms with E-state index in [-0.39, 0.29) is 17.6 Å². The van der Waals surface area contributed by atoms with E-state index in [1.807, 2.05) is 15.7 Å². The van der Waals surface area contributed by atoms with Crippen LogP contribution in [-0.4, -0.2) is 27.4 Å². The second-order valence-electron chi connectivity index (χ2n) is 3.55. The van der Waals surface area contributed by atoms with Crippen molar-refractivity contribution in [3.05, 3.63) is 35.6 Å². The van der Waals surface area contributed by atoms with Gasteiger partial charge in [-0.15, -0.1) is 0 Å². The molecule has 0 spiro atoms. The van der Waals surface area contributed by atoms with Crippen molar-refractivity contribution in [2.45, 2.75) is 5.21 Å². The van der Waals surface area contributed by atoms with Gasteiger partial charge in [-0.05, 0) is 17.3 Å². The lowest BCUT2D eigenvalue weighted by Crippen LogP contribution is -2.31. The molecule has 0 aliphatic carbocycles. The lowest BCUT2D eigenvalue weighted by molar-refractivity contribution is 0.280. The molecule has 1 N–H and O–H groups in total. The van der Waals surface area contributed by atoms with Crippen LogP contribution in [0.3, 0.4) is 0 Å². The lowest BCUT2D eigenvalue weighted by Gasteiger charge is -2.21. The molecule has 0 saturated heterocycles. The van der Waals surface area contributed by atoms with Crippen LogP contribution in [0.2, 0.25) is 0 Å². The maximum atomic E-state index is 12.5. The fourth-order valence-corrected chi connectivity index (χ4v) is 0.992. The zero-order valence-electron chi connectivity index (χ0n) is 7.34. The molecule has 0 amide bonds. The van der Waals surface area contributed by atoms with Gasteiger partial charge in [-0.25, -0.2) is 4.39 Å². The minimum absolute atomic E-state index is 0.0681. The van der Waals surface area contributed by atoms with Gasteiger partial charge in [0.05, 0.1) is 0 Å². The molecule has 1 rings (SSSR count). The first-order chi connectivity index (χ1) is 5.56. The highest BCUT2D eigenvalue weighted by Crippen LogP contribution is 2.16. The predicted octanol–water partition coefficient (Wildman–Crippen LogP) is -0.763. The summed E-state index contributed by atoms with van der Waals surface area (Å²) >= 11 is 0. The van der Waals surface area contributed by atoms with Crippen LogP contribution in [0.25, 0.3) is 0 Å². The molecule has 12 heavy (non-hydrogen) atoms. The van der Waals surface area contributed by atoms with Gasteiger partial charge in [0.2, 0.25) is 0 Å². The maximum absolute atomic E-state index is 12.5. The lowest BCUT2D eigenvalue weighted by atomic mass is 9.51. The van der Waals surface area contributed by atoms with Crippen molar-refractivity contribution in [2.24, 2.45) is 0 Å². The first-order valence-corrected chi connectivity index (χ1v) is 3.93. The van der Waals surface area contributed by atoms with E-state index in [1.165, 1.54) is 12.1 Å². The van der Waals surface area contributed by atoms with Crippen LogP contribution in [0.15, 0.2) is 24.3 Å². The molecule has 0 unspecified atom stereocenters. The third-order valence-electron chi connectivity index (χ3n) is 2.02. The Kier molecular flexibility index (Phi) is 2.58. The fraction of sp³-hybridized carbons (Fsp3) is 0.250. The number of rotatable bonds is 2. The van der Waals surface area contributed by atoms with Crippen LogP contribution < -0.4 is 0 Å². The summed E-state index contributed by atoms with van der Waals surface area (Å²) in [5.41, 5.74) is 0.950. The molecule has 0 aromatic heterocycles. The predicted molar refractivity (Wildman–Crippen MR) is 52.3 cm³/mol. The topological polar surface area (TPSA) is 20.2 Å². The Labute approximate surface area is 73.4 Å². The normalized spacial score (nSPS) is 11.5. The summed E-state index contributed by atoms with van der Waals surface area (Å²) in [7, 11) is 3.83. The first-order valence-electron chi connectivity index (χ1n) is 3.93. The molecule has 0 atom stereocenters. The van der Waals surface area contributed by atoms with Gasteiger partial charge in [0.25, 0.3) is 0 Å². The number of halogens is 1. The molecule has 0 saturated carbocycles. The van der Waals surface area contributed by atoms with Gasteiger partial charge >= 0.3 is 0 Å². The van der Waals surface area contributed by atoms with Crippen molar-refractivity contribution in [3.63, 3.8) is 0 Å². The van der Waals surface area contributed by atoms with E-state index in [9.17, 15) is 4.39 Å². The standard InChI is InChI=1S/C8H11B2FO/c9-8(10,5-12)6-1-3-7(11)4-2-6/h1-4,12H,5,9-10H2. The van der Waals surface area contributed by atoms with Crippen molar-refractivity contribution in [1.82, 2.24) is 0 Å². The largest absolute Gasteiger partial charge is 0.397 e. The molecule has 1 aromatic rings. The molecule has 0 fully saturated rings. The quantitative estimate of drug-likeness (QED) is 0.569. The fourth-order valence-electron chi connectivity index (χ4n) is 0.992. The van der Waals surface area contributed by atoms with Gasteiger partial charge in [0.1, 0.15) is 21.5 Å². The third kappa shape index (κ3) is 1.89. The minimum atomic E-state index is -0.284. The van der Waals surface area contributed by atoms with Gasteiger partial charge in [-0.2, -0.15) is 0 Å². The molecule has 4 heteroatoms. The molecular weight excluding hydrogens is 153 g/mol. The molecule has 0 aliphatic heterocycles. The van der Waals surface area contributed by atoms with E-state index in [0.717, 1.165) is 5.56 Å². The maximum Gasteiger partial charge on any atom is 0.123 e. The summed E-state index contributed by atoms with van der Waals surface area (Å²) in [5.74, 6) is -0.243. The number of hydrogen-bond donors (Lipinski definition) is 1. The third-order valence-corrected chi connectivity index (χ3v) is 2.02. The van der Waals surface area contributed by atoms with E-state index in [1.54, 1.807) is 12.1 Å². The van der Waals surface area contributed by atoms with E-state index in [0.29, 0.717) is 0 Å². The zero-order valence-corrected chi connectivity index (χ0v) is 7.34. The number of hydrogen-bond acceptors (Lipinski definition) is 1. The summed E-state index contributed by atoms with van der Waals surface area (Å²) in [6.07, 6.45) is 0. The van der Waals surface area contributed by atoms with Gasteiger partial charge in [0.15, 0.2) is 0 Å². The highest BCUT2D eigenvalue weighted by atomic mass is 19.1. The van der Waals surface area contributed by atoms with E-state index in [2.05, 4.69) is 0 Å². The van der Waals surface area contributed by atoms with E-state index < -0.39 is 0 Å². The summed E-state index contributed by atoms with van der Waals surface area (Å²) in [6, 6.07) is 6.22. The molecule has 1 aromatic carbocycles. The monoisotopic (exact) mass is 164 g/mol. The highest BCUT2D eigenvalue weighted by Gasteiger charge is 2.18. The summed E-state index contributed by atoms with van der Waals surface area (Å²) in [6.45, 7) is 0.0681. The Morgan fingerprint density at radius 1 is 1.25 bits per heavy atom. The van der Waals surface area contributed by atoms with E-state index >= 15 is 0 Å². The summed E-state index contributed by atoms with van der Waals surface area (Å²) < 4.78 is 12.5. The van der Waals surface area contributed by atoms with E-state index in [4.69, 9.17) is 5.11 Å². The van der Waals surface area contributed by atoms with Crippen LogP contribution in [0.5, 0.6) is 0 Å². The van der Waals surface area contributed by atoms with Crippen LogP contribution in [0, 0.1) is 5.82 Å². The van der Waals surface area contributed by atoms with Crippen molar-refractivity contribution in [3.8, 4) is 0 Å². The smallest absolute Gasteiger partial charge is 0.123 e. The van der Waals surface area contributed by atoms with Gasteiger partial charge in [-0.1, -0.05) is 17.7 Å². The molecular formula is C8H11B2FO. The molecule has 0 aliphatic rings. The average molecular weight is 164 g/mol. The Morgan fingerprint density at radius 2 is 1.75 bits per heavy atom. The number of benzene rings is 1. The summed E-state index contributed by atoms with van der Waals surface area (Å²) in [4.78, 5) is 0. The molecule has 0 bridgehead atoms. The van der Waals surface area contributed by atoms with Gasteiger partial charge in [0, 0.05) is 6.61 Å².